The standard InChI is InChI=1S/C14H25N5/c1-10-17-12(16-9-14(2,3)15)8-13(18-10)19(4)11-6-5-7-11/h8,11H,5-7,9,15H2,1-4H3,(H,16,17,18). The molecular formula is C14H25N5. The molecule has 0 spiro atoms. The van der Waals surface area contributed by atoms with Crippen LogP contribution in [-0.2, 0) is 0 Å². The Kier molecular flexibility index (Phi) is 3.94. The summed E-state index contributed by atoms with van der Waals surface area (Å²) in [5.41, 5.74) is 5.73. The molecule has 3 N–H and O–H groups in total. The van der Waals surface area contributed by atoms with E-state index in [0.29, 0.717) is 12.6 Å². The lowest BCUT2D eigenvalue weighted by Crippen LogP contribution is -2.40. The number of anilines is 2. The Morgan fingerprint density at radius 3 is 2.63 bits per heavy atom. The molecule has 0 unspecified atom stereocenters. The van der Waals surface area contributed by atoms with Crippen molar-refractivity contribution in [1.29, 1.82) is 0 Å². The number of nitrogens with zero attached hydrogens (tertiary/aromatic N) is 3. The third-order valence-corrected chi connectivity index (χ3v) is 3.53. The Bertz CT molecular complexity index is 434. The predicted molar refractivity (Wildman–Crippen MR) is 79.6 cm³/mol. The van der Waals surface area contributed by atoms with Crippen LogP contribution in [0, 0.1) is 6.92 Å². The first-order valence-corrected chi connectivity index (χ1v) is 6.96. The van der Waals surface area contributed by atoms with E-state index in [1.165, 1.54) is 19.3 Å². The summed E-state index contributed by atoms with van der Waals surface area (Å²) in [5, 5.41) is 3.29. The molecule has 2 rings (SSSR count). The van der Waals surface area contributed by atoms with E-state index in [4.69, 9.17) is 5.73 Å². The molecule has 0 saturated heterocycles. The highest BCUT2D eigenvalue weighted by atomic mass is 15.2. The number of nitrogens with one attached hydrogen (secondary N) is 1. The SMILES string of the molecule is Cc1nc(NCC(C)(C)N)cc(N(C)C2CCC2)n1. The summed E-state index contributed by atoms with van der Waals surface area (Å²) in [6.07, 6.45) is 3.85. The second kappa shape index (κ2) is 5.33. The second-order valence-corrected chi connectivity index (χ2v) is 6.20. The first kappa shape index (κ1) is 14.1. The fraction of sp³-hybridized carbons (Fsp3) is 0.714. The maximum absolute atomic E-state index is 5.98. The van der Waals surface area contributed by atoms with Crippen LogP contribution in [0.25, 0.3) is 0 Å². The van der Waals surface area contributed by atoms with Crippen LogP contribution in [-0.4, -0.2) is 35.1 Å². The largest absolute Gasteiger partial charge is 0.368 e. The number of nitrogens with two attached hydrogens (primary N) is 1. The van der Waals surface area contributed by atoms with Crippen LogP contribution in [0.2, 0.25) is 0 Å². The van der Waals surface area contributed by atoms with Crippen molar-refractivity contribution in [3.63, 3.8) is 0 Å². The van der Waals surface area contributed by atoms with Crippen molar-refractivity contribution in [2.24, 2.45) is 5.73 Å². The van der Waals surface area contributed by atoms with Crippen LogP contribution in [0.3, 0.4) is 0 Å². The molecule has 0 aromatic carbocycles. The molecule has 1 heterocycles. The number of aryl methyl sites for hydroxylation is 1. The molecule has 0 bridgehead atoms. The van der Waals surface area contributed by atoms with Crippen LogP contribution in [0.4, 0.5) is 11.6 Å². The van der Waals surface area contributed by atoms with Crippen LogP contribution in [0.15, 0.2) is 6.07 Å². The molecule has 0 radical (unpaired) electrons. The van der Waals surface area contributed by atoms with E-state index in [9.17, 15) is 0 Å². The van der Waals surface area contributed by atoms with E-state index in [2.05, 4.69) is 27.2 Å². The van der Waals surface area contributed by atoms with Crippen molar-refractivity contribution >= 4 is 11.6 Å². The van der Waals surface area contributed by atoms with E-state index in [1.54, 1.807) is 0 Å². The third-order valence-electron chi connectivity index (χ3n) is 3.53. The Morgan fingerprint density at radius 2 is 2.11 bits per heavy atom. The van der Waals surface area contributed by atoms with Crippen molar-refractivity contribution in [1.82, 2.24) is 9.97 Å². The minimum atomic E-state index is -0.251. The number of hydrogen-bond acceptors (Lipinski definition) is 5. The number of rotatable bonds is 5. The van der Waals surface area contributed by atoms with E-state index in [1.807, 2.05) is 26.8 Å². The molecule has 0 atom stereocenters. The Balaban J connectivity index is 2.10. The Morgan fingerprint density at radius 1 is 1.42 bits per heavy atom. The fourth-order valence-corrected chi connectivity index (χ4v) is 2.10. The molecule has 1 fully saturated rings. The molecule has 106 valence electrons. The van der Waals surface area contributed by atoms with Gasteiger partial charge in [0.1, 0.15) is 17.5 Å². The van der Waals surface area contributed by atoms with Crippen molar-refractivity contribution < 1.29 is 0 Å². The van der Waals surface area contributed by atoms with Crippen LogP contribution in [0.1, 0.15) is 38.9 Å². The lowest BCUT2D eigenvalue weighted by atomic mass is 9.92. The monoisotopic (exact) mass is 263 g/mol. The molecule has 0 aliphatic heterocycles. The summed E-state index contributed by atoms with van der Waals surface area (Å²) < 4.78 is 0. The molecule has 1 aromatic rings. The van der Waals surface area contributed by atoms with Crippen LogP contribution >= 0.6 is 0 Å². The van der Waals surface area contributed by atoms with E-state index >= 15 is 0 Å². The van der Waals surface area contributed by atoms with E-state index < -0.39 is 0 Å². The van der Waals surface area contributed by atoms with Gasteiger partial charge in [0.25, 0.3) is 0 Å². The maximum Gasteiger partial charge on any atom is 0.134 e. The Hall–Kier alpha value is -1.36. The Labute approximate surface area is 115 Å². The zero-order valence-corrected chi connectivity index (χ0v) is 12.4. The van der Waals surface area contributed by atoms with Crippen molar-refractivity contribution in [3.8, 4) is 0 Å². The quantitative estimate of drug-likeness (QED) is 0.849. The van der Waals surface area contributed by atoms with Crippen LogP contribution in [0.5, 0.6) is 0 Å². The predicted octanol–water partition coefficient (Wildman–Crippen LogP) is 1.92. The first-order chi connectivity index (χ1) is 8.85. The zero-order chi connectivity index (χ0) is 14.0. The van der Waals surface area contributed by atoms with Gasteiger partial charge in [0, 0.05) is 31.2 Å². The summed E-state index contributed by atoms with van der Waals surface area (Å²) in [4.78, 5) is 11.2. The average Bonchev–Trinajstić information content (AvgIpc) is 2.22. The minimum Gasteiger partial charge on any atom is -0.368 e. The van der Waals surface area contributed by atoms with E-state index in [-0.39, 0.29) is 5.54 Å². The van der Waals surface area contributed by atoms with Crippen molar-refractivity contribution in [2.75, 3.05) is 23.8 Å². The molecule has 1 aromatic heterocycles. The average molecular weight is 263 g/mol. The molecule has 1 aliphatic rings. The highest BCUT2D eigenvalue weighted by Gasteiger charge is 2.23. The fourth-order valence-electron chi connectivity index (χ4n) is 2.10. The third kappa shape index (κ3) is 3.80. The highest BCUT2D eigenvalue weighted by molar-refractivity contribution is 5.50. The molecule has 1 aliphatic carbocycles. The van der Waals surface area contributed by atoms with Crippen molar-refractivity contribution in [3.05, 3.63) is 11.9 Å². The summed E-state index contributed by atoms with van der Waals surface area (Å²) in [7, 11) is 2.11. The number of aromatic nitrogens is 2. The van der Waals surface area contributed by atoms with Gasteiger partial charge in [-0.2, -0.15) is 0 Å². The summed E-state index contributed by atoms with van der Waals surface area (Å²) in [6.45, 7) is 6.61. The highest BCUT2D eigenvalue weighted by Crippen LogP contribution is 2.28. The number of hydrogen-bond donors (Lipinski definition) is 2. The minimum absolute atomic E-state index is 0.251. The lowest BCUT2D eigenvalue weighted by molar-refractivity contribution is 0.399. The van der Waals surface area contributed by atoms with Gasteiger partial charge in [-0.05, 0) is 40.0 Å². The van der Waals surface area contributed by atoms with Crippen molar-refractivity contribution in [2.45, 2.75) is 51.6 Å². The summed E-state index contributed by atoms with van der Waals surface area (Å²) >= 11 is 0. The van der Waals surface area contributed by atoms with Gasteiger partial charge in [0.15, 0.2) is 0 Å². The molecule has 0 amide bonds. The van der Waals surface area contributed by atoms with E-state index in [0.717, 1.165) is 17.5 Å². The molecular weight excluding hydrogens is 238 g/mol. The maximum atomic E-state index is 5.98. The second-order valence-electron chi connectivity index (χ2n) is 6.20. The topological polar surface area (TPSA) is 67.1 Å². The normalized spacial score (nSPS) is 16.1. The van der Waals surface area contributed by atoms with Gasteiger partial charge in [0.05, 0.1) is 0 Å². The summed E-state index contributed by atoms with van der Waals surface area (Å²) in [5.74, 6) is 2.64. The van der Waals surface area contributed by atoms with Gasteiger partial charge in [-0.1, -0.05) is 0 Å². The molecule has 5 nitrogen and oxygen atoms in total. The lowest BCUT2D eigenvalue weighted by Gasteiger charge is -2.35. The molecule has 5 heteroatoms. The molecule has 19 heavy (non-hydrogen) atoms. The smallest absolute Gasteiger partial charge is 0.134 e. The summed E-state index contributed by atoms with van der Waals surface area (Å²) in [6, 6.07) is 2.64. The van der Waals surface area contributed by atoms with Gasteiger partial charge in [-0.3, -0.25) is 0 Å². The van der Waals surface area contributed by atoms with Crippen LogP contribution < -0.4 is 16.0 Å². The van der Waals surface area contributed by atoms with Gasteiger partial charge < -0.3 is 16.0 Å². The van der Waals surface area contributed by atoms with Gasteiger partial charge >= 0.3 is 0 Å². The molecule has 1 saturated carbocycles. The van der Waals surface area contributed by atoms with Gasteiger partial charge in [0.2, 0.25) is 0 Å². The van der Waals surface area contributed by atoms with Gasteiger partial charge in [-0.15, -0.1) is 0 Å². The first-order valence-electron chi connectivity index (χ1n) is 6.96. The zero-order valence-electron chi connectivity index (χ0n) is 12.4. The van der Waals surface area contributed by atoms with Gasteiger partial charge in [-0.25, -0.2) is 9.97 Å².